The van der Waals surface area contributed by atoms with Crippen LogP contribution in [-0.2, 0) is 11.3 Å². The van der Waals surface area contributed by atoms with Crippen molar-refractivity contribution >= 4 is 12.4 Å². The fourth-order valence-electron chi connectivity index (χ4n) is 1.46. The van der Waals surface area contributed by atoms with Crippen molar-refractivity contribution < 1.29 is 14.2 Å². The molecule has 0 aromatic heterocycles. The van der Waals surface area contributed by atoms with E-state index in [0.29, 0.717) is 6.79 Å². The van der Waals surface area contributed by atoms with Gasteiger partial charge in [-0.05, 0) is 17.7 Å². The number of methoxy groups -OCH3 is 1. The summed E-state index contributed by atoms with van der Waals surface area (Å²) in [6, 6.07) is 5.98. The quantitative estimate of drug-likeness (QED) is 0.800. The van der Waals surface area contributed by atoms with E-state index in [9.17, 15) is 0 Å². The molecule has 16 heavy (non-hydrogen) atoms. The van der Waals surface area contributed by atoms with Gasteiger partial charge in [0.25, 0.3) is 0 Å². The lowest BCUT2D eigenvalue weighted by Crippen LogP contribution is -2.18. The maximum absolute atomic E-state index is 5.29. The first kappa shape index (κ1) is 13.1. The summed E-state index contributed by atoms with van der Waals surface area (Å²) in [5.74, 6) is 1.66. The lowest BCUT2D eigenvalue weighted by molar-refractivity contribution is 0.174. The molecule has 0 unspecified atom stereocenters. The second-order valence-corrected chi connectivity index (χ2v) is 3.36. The number of nitrogens with one attached hydrogen (secondary N) is 1. The molecule has 0 fully saturated rings. The van der Waals surface area contributed by atoms with Gasteiger partial charge in [-0.2, -0.15) is 0 Å². The molecule has 0 saturated heterocycles. The molecule has 0 radical (unpaired) electrons. The molecule has 1 heterocycles. The summed E-state index contributed by atoms with van der Waals surface area (Å²) >= 11 is 0. The van der Waals surface area contributed by atoms with Crippen LogP contribution in [0.15, 0.2) is 18.2 Å². The fraction of sp³-hybridized carbons (Fsp3) is 0.455. The van der Waals surface area contributed by atoms with Gasteiger partial charge < -0.3 is 19.5 Å². The van der Waals surface area contributed by atoms with Crippen LogP contribution in [0, 0.1) is 0 Å². The van der Waals surface area contributed by atoms with E-state index in [-0.39, 0.29) is 12.4 Å². The third kappa shape index (κ3) is 3.27. The van der Waals surface area contributed by atoms with Crippen LogP contribution in [0.1, 0.15) is 5.56 Å². The van der Waals surface area contributed by atoms with Crippen LogP contribution >= 0.6 is 12.4 Å². The first-order chi connectivity index (χ1) is 7.40. The Labute approximate surface area is 101 Å². The third-order valence-electron chi connectivity index (χ3n) is 2.25. The maximum Gasteiger partial charge on any atom is 0.231 e. The molecule has 0 bridgehead atoms. The Morgan fingerprint density at radius 2 is 2.12 bits per heavy atom. The van der Waals surface area contributed by atoms with Crippen molar-refractivity contribution in [2.45, 2.75) is 6.54 Å². The molecule has 1 aliphatic rings. The lowest BCUT2D eigenvalue weighted by atomic mass is 10.2. The third-order valence-corrected chi connectivity index (χ3v) is 2.25. The molecule has 2 rings (SSSR count). The highest BCUT2D eigenvalue weighted by molar-refractivity contribution is 5.85. The molecule has 4 nitrogen and oxygen atoms in total. The lowest BCUT2D eigenvalue weighted by Gasteiger charge is -2.04. The smallest absolute Gasteiger partial charge is 0.231 e. The zero-order chi connectivity index (χ0) is 10.5. The zero-order valence-electron chi connectivity index (χ0n) is 9.19. The number of hydrogen-bond donors (Lipinski definition) is 1. The summed E-state index contributed by atoms with van der Waals surface area (Å²) < 4.78 is 15.5. The minimum atomic E-state index is 0. The molecule has 1 aromatic rings. The minimum Gasteiger partial charge on any atom is -0.454 e. The van der Waals surface area contributed by atoms with Crippen molar-refractivity contribution in [1.82, 2.24) is 5.32 Å². The Balaban J connectivity index is 0.00000128. The summed E-state index contributed by atoms with van der Waals surface area (Å²) in [6.07, 6.45) is 0. The van der Waals surface area contributed by atoms with Crippen molar-refractivity contribution in [1.29, 1.82) is 0 Å². The van der Waals surface area contributed by atoms with E-state index in [1.54, 1.807) is 7.11 Å². The van der Waals surface area contributed by atoms with E-state index in [1.165, 1.54) is 5.56 Å². The van der Waals surface area contributed by atoms with Crippen LogP contribution < -0.4 is 14.8 Å². The predicted octanol–water partition coefficient (Wildman–Crippen LogP) is 1.57. The standard InChI is InChI=1S/C11H15NO3.ClH/c1-13-5-4-12-7-9-2-3-10-11(6-9)15-8-14-10;/h2-3,6,12H,4-5,7-8H2,1H3;1H. The van der Waals surface area contributed by atoms with Gasteiger partial charge in [0, 0.05) is 20.2 Å². The molecule has 1 aliphatic heterocycles. The first-order valence-electron chi connectivity index (χ1n) is 4.98. The summed E-state index contributed by atoms with van der Waals surface area (Å²) in [5, 5.41) is 3.27. The van der Waals surface area contributed by atoms with Crippen molar-refractivity contribution in [2.24, 2.45) is 0 Å². The topological polar surface area (TPSA) is 39.7 Å². The second-order valence-electron chi connectivity index (χ2n) is 3.36. The van der Waals surface area contributed by atoms with Gasteiger partial charge >= 0.3 is 0 Å². The molecule has 0 spiro atoms. The van der Waals surface area contributed by atoms with Gasteiger partial charge in [-0.15, -0.1) is 12.4 Å². The van der Waals surface area contributed by atoms with Crippen LogP contribution in [0.5, 0.6) is 11.5 Å². The van der Waals surface area contributed by atoms with Gasteiger partial charge in [-0.1, -0.05) is 6.07 Å². The molecular formula is C11H16ClNO3. The van der Waals surface area contributed by atoms with Gasteiger partial charge in [-0.3, -0.25) is 0 Å². The number of hydrogen-bond acceptors (Lipinski definition) is 4. The number of halogens is 1. The Hall–Kier alpha value is -0.970. The van der Waals surface area contributed by atoms with E-state index < -0.39 is 0 Å². The van der Waals surface area contributed by atoms with Crippen molar-refractivity contribution in [3.63, 3.8) is 0 Å². The average molecular weight is 246 g/mol. The van der Waals surface area contributed by atoms with Gasteiger partial charge in [0.05, 0.1) is 6.61 Å². The Kier molecular flexibility index (Phi) is 5.38. The van der Waals surface area contributed by atoms with E-state index >= 15 is 0 Å². The largest absolute Gasteiger partial charge is 0.454 e. The molecule has 0 saturated carbocycles. The summed E-state index contributed by atoms with van der Waals surface area (Å²) in [7, 11) is 1.70. The highest BCUT2D eigenvalue weighted by Crippen LogP contribution is 2.32. The molecular weight excluding hydrogens is 230 g/mol. The molecule has 1 N–H and O–H groups in total. The van der Waals surface area contributed by atoms with Crippen LogP contribution in [0.3, 0.4) is 0 Å². The van der Waals surface area contributed by atoms with Gasteiger partial charge in [0.15, 0.2) is 11.5 Å². The van der Waals surface area contributed by atoms with E-state index in [1.807, 2.05) is 18.2 Å². The number of ether oxygens (including phenoxy) is 3. The Morgan fingerprint density at radius 1 is 1.31 bits per heavy atom. The van der Waals surface area contributed by atoms with Crippen molar-refractivity contribution in [3.05, 3.63) is 23.8 Å². The molecule has 0 amide bonds. The van der Waals surface area contributed by atoms with Gasteiger partial charge in [0.1, 0.15) is 0 Å². The predicted molar refractivity (Wildman–Crippen MR) is 63.4 cm³/mol. The zero-order valence-corrected chi connectivity index (χ0v) is 10.0. The number of benzene rings is 1. The molecule has 5 heteroatoms. The average Bonchev–Trinajstić information content (AvgIpc) is 2.71. The second kappa shape index (κ2) is 6.58. The maximum atomic E-state index is 5.29. The van der Waals surface area contributed by atoms with E-state index in [4.69, 9.17) is 14.2 Å². The first-order valence-corrected chi connectivity index (χ1v) is 4.98. The Morgan fingerprint density at radius 3 is 2.94 bits per heavy atom. The summed E-state index contributed by atoms with van der Waals surface area (Å²) in [4.78, 5) is 0. The number of fused-ring (bicyclic) bond motifs is 1. The Bertz CT molecular complexity index is 333. The van der Waals surface area contributed by atoms with Crippen LogP contribution in [0.25, 0.3) is 0 Å². The van der Waals surface area contributed by atoms with E-state index in [2.05, 4.69) is 5.32 Å². The molecule has 0 aliphatic carbocycles. The van der Waals surface area contributed by atoms with Crippen LogP contribution in [0.4, 0.5) is 0 Å². The van der Waals surface area contributed by atoms with Crippen LogP contribution in [0.2, 0.25) is 0 Å². The number of rotatable bonds is 5. The van der Waals surface area contributed by atoms with Gasteiger partial charge in [0.2, 0.25) is 6.79 Å². The summed E-state index contributed by atoms with van der Waals surface area (Å²) in [5.41, 5.74) is 1.19. The van der Waals surface area contributed by atoms with Crippen molar-refractivity contribution in [3.8, 4) is 11.5 Å². The summed E-state index contributed by atoms with van der Waals surface area (Å²) in [6.45, 7) is 2.73. The molecule has 1 aromatic carbocycles. The molecule has 0 atom stereocenters. The highest BCUT2D eigenvalue weighted by atomic mass is 35.5. The SMILES string of the molecule is COCCNCc1ccc2c(c1)OCO2.Cl. The fourth-order valence-corrected chi connectivity index (χ4v) is 1.46. The normalized spacial score (nSPS) is 12.3. The van der Waals surface area contributed by atoms with E-state index in [0.717, 1.165) is 31.2 Å². The van der Waals surface area contributed by atoms with Gasteiger partial charge in [-0.25, -0.2) is 0 Å². The highest BCUT2D eigenvalue weighted by Gasteiger charge is 2.12. The van der Waals surface area contributed by atoms with Crippen LogP contribution in [-0.4, -0.2) is 27.1 Å². The monoisotopic (exact) mass is 245 g/mol. The molecule has 90 valence electrons. The minimum absolute atomic E-state index is 0. The van der Waals surface area contributed by atoms with Crippen molar-refractivity contribution in [2.75, 3.05) is 27.1 Å².